The highest BCUT2D eigenvalue weighted by molar-refractivity contribution is 5.95. The first kappa shape index (κ1) is 19.9. The predicted molar refractivity (Wildman–Crippen MR) is 112 cm³/mol. The van der Waals surface area contributed by atoms with Crippen molar-refractivity contribution in [2.24, 2.45) is 0 Å². The van der Waals surface area contributed by atoms with Gasteiger partial charge in [-0.15, -0.1) is 0 Å². The molecule has 1 unspecified atom stereocenters. The van der Waals surface area contributed by atoms with E-state index >= 15 is 0 Å². The van der Waals surface area contributed by atoms with E-state index < -0.39 is 0 Å². The summed E-state index contributed by atoms with van der Waals surface area (Å²) >= 11 is 0. The monoisotopic (exact) mass is 380 g/mol. The van der Waals surface area contributed by atoms with Gasteiger partial charge < -0.3 is 15.1 Å². The number of piperazine rings is 1. The number of likely N-dealkylation sites (N-methyl/N-ethyl adjacent to an activating group) is 1. The van der Waals surface area contributed by atoms with Crippen LogP contribution >= 0.6 is 0 Å². The third-order valence-corrected chi connectivity index (χ3v) is 5.11. The molecule has 0 radical (unpaired) electrons. The van der Waals surface area contributed by atoms with E-state index in [1.165, 1.54) is 0 Å². The Hall–Kier alpha value is -2.86. The summed E-state index contributed by atoms with van der Waals surface area (Å²) in [7, 11) is 3.81. The molecule has 0 aliphatic carbocycles. The van der Waals surface area contributed by atoms with Gasteiger partial charge in [0.05, 0.1) is 0 Å². The van der Waals surface area contributed by atoms with Gasteiger partial charge in [-0.2, -0.15) is 0 Å². The quantitative estimate of drug-likeness (QED) is 0.866. The summed E-state index contributed by atoms with van der Waals surface area (Å²) in [6.45, 7) is 4.75. The first-order chi connectivity index (χ1) is 13.5. The molecule has 2 aromatic carbocycles. The molecule has 0 saturated carbocycles. The van der Waals surface area contributed by atoms with Crippen molar-refractivity contribution in [2.75, 3.05) is 50.5 Å². The Labute approximate surface area is 166 Å². The maximum absolute atomic E-state index is 12.8. The van der Waals surface area contributed by atoms with Gasteiger partial charge in [-0.1, -0.05) is 30.3 Å². The molecule has 0 bridgehead atoms. The molecule has 148 valence electrons. The normalized spacial score (nSPS) is 15.4. The highest BCUT2D eigenvalue weighted by Gasteiger charge is 2.23. The van der Waals surface area contributed by atoms with E-state index in [4.69, 9.17) is 0 Å². The second-order valence-corrected chi connectivity index (χ2v) is 7.31. The molecule has 6 nitrogen and oxygen atoms in total. The number of hydrogen-bond acceptors (Lipinski definition) is 4. The summed E-state index contributed by atoms with van der Waals surface area (Å²) in [6, 6.07) is 17.3. The topological polar surface area (TPSA) is 55.9 Å². The molecule has 2 amide bonds. The lowest BCUT2D eigenvalue weighted by atomic mass is 10.1. The average molecular weight is 380 g/mol. The molecule has 1 atom stereocenters. The lowest BCUT2D eigenvalue weighted by Gasteiger charge is -2.35. The maximum Gasteiger partial charge on any atom is 0.246 e. The molecule has 1 N–H and O–H groups in total. The van der Waals surface area contributed by atoms with Crippen LogP contribution in [0.1, 0.15) is 18.5 Å². The summed E-state index contributed by atoms with van der Waals surface area (Å²) in [6.07, 6.45) is 0. The Morgan fingerprint density at radius 3 is 2.07 bits per heavy atom. The molecule has 1 saturated heterocycles. The number of rotatable bonds is 5. The molecular weight excluding hydrogens is 352 g/mol. The molecule has 0 aromatic heterocycles. The van der Waals surface area contributed by atoms with Crippen LogP contribution < -0.4 is 10.2 Å². The minimum absolute atomic E-state index is 0.0565. The molecule has 3 rings (SSSR count). The number of nitrogens with zero attached hydrogens (tertiary/aromatic N) is 3. The van der Waals surface area contributed by atoms with Crippen LogP contribution in [0, 0.1) is 0 Å². The fraction of sp³-hybridized carbons (Fsp3) is 0.364. The van der Waals surface area contributed by atoms with Crippen LogP contribution in [0.15, 0.2) is 54.6 Å². The Morgan fingerprint density at radius 2 is 1.54 bits per heavy atom. The molecule has 1 fully saturated rings. The maximum atomic E-state index is 12.8. The van der Waals surface area contributed by atoms with Crippen molar-refractivity contribution in [3.8, 4) is 0 Å². The van der Waals surface area contributed by atoms with Crippen LogP contribution in [0.4, 0.5) is 11.4 Å². The van der Waals surface area contributed by atoms with Crippen molar-refractivity contribution >= 4 is 23.2 Å². The number of nitrogens with one attached hydrogen (secondary N) is 1. The van der Waals surface area contributed by atoms with E-state index in [0.717, 1.165) is 43.1 Å². The van der Waals surface area contributed by atoms with Gasteiger partial charge >= 0.3 is 0 Å². The van der Waals surface area contributed by atoms with Crippen molar-refractivity contribution in [3.05, 3.63) is 60.2 Å². The molecule has 1 aliphatic heterocycles. The molecule has 1 heterocycles. The van der Waals surface area contributed by atoms with Crippen molar-refractivity contribution in [1.29, 1.82) is 0 Å². The van der Waals surface area contributed by atoms with Crippen molar-refractivity contribution in [3.63, 3.8) is 0 Å². The highest BCUT2D eigenvalue weighted by atomic mass is 16.2. The van der Waals surface area contributed by atoms with Crippen molar-refractivity contribution in [1.82, 2.24) is 9.80 Å². The second kappa shape index (κ2) is 8.89. The van der Waals surface area contributed by atoms with Gasteiger partial charge in [-0.25, -0.2) is 0 Å². The number of hydrogen-bond donors (Lipinski definition) is 1. The van der Waals surface area contributed by atoms with Gasteiger partial charge in [0, 0.05) is 44.5 Å². The van der Waals surface area contributed by atoms with Crippen molar-refractivity contribution < 1.29 is 9.59 Å². The zero-order chi connectivity index (χ0) is 20.1. The van der Waals surface area contributed by atoms with Crippen LogP contribution in [-0.2, 0) is 9.59 Å². The summed E-state index contributed by atoms with van der Waals surface area (Å²) in [5, 5.41) is 3.02. The summed E-state index contributed by atoms with van der Waals surface area (Å²) in [5.41, 5.74) is 2.84. The Morgan fingerprint density at radius 1 is 0.929 bits per heavy atom. The van der Waals surface area contributed by atoms with Crippen LogP contribution in [0.5, 0.6) is 0 Å². The first-order valence-electron chi connectivity index (χ1n) is 9.58. The first-order valence-corrected chi connectivity index (χ1v) is 9.58. The van der Waals surface area contributed by atoms with E-state index in [1.807, 2.05) is 78.5 Å². The second-order valence-electron chi connectivity index (χ2n) is 7.31. The van der Waals surface area contributed by atoms with E-state index in [9.17, 15) is 9.59 Å². The van der Waals surface area contributed by atoms with E-state index in [1.54, 1.807) is 6.92 Å². The fourth-order valence-electron chi connectivity index (χ4n) is 3.57. The average Bonchev–Trinajstić information content (AvgIpc) is 2.69. The SMILES string of the molecule is CC(=O)N1CCN(c2ccc(NC(=O)C(c3ccccc3)N(C)C)cc2)CC1. The zero-order valence-electron chi connectivity index (χ0n) is 16.8. The summed E-state index contributed by atoms with van der Waals surface area (Å²) < 4.78 is 0. The standard InChI is InChI=1S/C22H28N4O2/c1-17(27)25-13-15-26(16-14-25)20-11-9-19(10-12-20)23-22(28)21(24(2)3)18-7-5-4-6-8-18/h4-12,21H,13-16H2,1-3H3,(H,23,28). The predicted octanol–water partition coefficient (Wildman–Crippen LogP) is 2.60. The third-order valence-electron chi connectivity index (χ3n) is 5.11. The van der Waals surface area contributed by atoms with Crippen LogP contribution in [0.2, 0.25) is 0 Å². The van der Waals surface area contributed by atoms with Crippen LogP contribution in [0.3, 0.4) is 0 Å². The smallest absolute Gasteiger partial charge is 0.246 e. The number of carbonyl (C=O) groups is 2. The van der Waals surface area contributed by atoms with E-state index in [0.29, 0.717) is 0 Å². The molecule has 2 aromatic rings. The molecule has 1 aliphatic rings. The van der Waals surface area contributed by atoms with E-state index in [-0.39, 0.29) is 17.9 Å². The molecule has 6 heteroatoms. The molecular formula is C22H28N4O2. The zero-order valence-corrected chi connectivity index (χ0v) is 16.8. The lowest BCUT2D eigenvalue weighted by Crippen LogP contribution is -2.48. The van der Waals surface area contributed by atoms with Gasteiger partial charge in [-0.05, 0) is 43.9 Å². The summed E-state index contributed by atoms with van der Waals surface area (Å²) in [5.74, 6) is 0.0746. The van der Waals surface area contributed by atoms with Gasteiger partial charge in [0.1, 0.15) is 6.04 Å². The number of amides is 2. The lowest BCUT2D eigenvalue weighted by molar-refractivity contribution is -0.129. The minimum atomic E-state index is -0.347. The van der Waals surface area contributed by atoms with E-state index in [2.05, 4.69) is 10.2 Å². The number of benzene rings is 2. The van der Waals surface area contributed by atoms with Gasteiger partial charge in [0.15, 0.2) is 0 Å². The Bertz CT molecular complexity index is 797. The Balaban J connectivity index is 1.64. The fourth-order valence-corrected chi connectivity index (χ4v) is 3.57. The number of carbonyl (C=O) groups excluding carboxylic acids is 2. The van der Waals surface area contributed by atoms with Crippen LogP contribution in [0.25, 0.3) is 0 Å². The van der Waals surface area contributed by atoms with Gasteiger partial charge in [-0.3, -0.25) is 14.5 Å². The number of anilines is 2. The highest BCUT2D eigenvalue weighted by Crippen LogP contribution is 2.23. The van der Waals surface area contributed by atoms with Crippen LogP contribution in [-0.4, -0.2) is 61.9 Å². The summed E-state index contributed by atoms with van der Waals surface area (Å²) in [4.78, 5) is 30.3. The minimum Gasteiger partial charge on any atom is -0.368 e. The molecule has 28 heavy (non-hydrogen) atoms. The largest absolute Gasteiger partial charge is 0.368 e. The Kier molecular flexibility index (Phi) is 6.31. The molecule has 0 spiro atoms. The van der Waals surface area contributed by atoms with Gasteiger partial charge in [0.25, 0.3) is 0 Å². The van der Waals surface area contributed by atoms with Crippen molar-refractivity contribution in [2.45, 2.75) is 13.0 Å². The third kappa shape index (κ3) is 4.70. The van der Waals surface area contributed by atoms with Gasteiger partial charge in [0.2, 0.25) is 11.8 Å².